The maximum Gasteiger partial charge on any atom is 0.148 e. The minimum atomic E-state index is -0.450. The Kier molecular flexibility index (Phi) is 2.56. The Morgan fingerprint density at radius 1 is 1.70 bits per heavy atom. The van der Waals surface area contributed by atoms with E-state index in [9.17, 15) is 4.39 Å². The van der Waals surface area contributed by atoms with Crippen LogP contribution in [0.5, 0.6) is 0 Å². The van der Waals surface area contributed by atoms with E-state index in [0.29, 0.717) is 0 Å². The summed E-state index contributed by atoms with van der Waals surface area (Å²) in [7, 11) is 0. The summed E-state index contributed by atoms with van der Waals surface area (Å²) in [6.45, 7) is -0.344. The predicted octanol–water partition coefficient (Wildman–Crippen LogP) is 1.32. The van der Waals surface area contributed by atoms with Crippen molar-refractivity contribution in [2.75, 3.05) is 0 Å². The van der Waals surface area contributed by atoms with Gasteiger partial charge in [-0.15, -0.1) is 0 Å². The SMILES string of the molecule is OCc1ncc(I)cc1F. The highest BCUT2D eigenvalue weighted by molar-refractivity contribution is 14.1. The molecule has 1 heterocycles. The van der Waals surface area contributed by atoms with E-state index in [1.165, 1.54) is 12.3 Å². The van der Waals surface area contributed by atoms with Crippen molar-refractivity contribution >= 4 is 22.6 Å². The van der Waals surface area contributed by atoms with Crippen molar-refractivity contribution in [1.29, 1.82) is 0 Å². The molecule has 10 heavy (non-hydrogen) atoms. The second-order valence-electron chi connectivity index (χ2n) is 1.74. The minimum Gasteiger partial charge on any atom is -0.390 e. The molecule has 0 aliphatic carbocycles. The number of hydrogen-bond acceptors (Lipinski definition) is 2. The molecule has 0 unspecified atom stereocenters. The van der Waals surface area contributed by atoms with Crippen molar-refractivity contribution in [3.8, 4) is 0 Å². The number of aliphatic hydroxyl groups is 1. The van der Waals surface area contributed by atoms with Crippen LogP contribution in [0.4, 0.5) is 4.39 Å². The Labute approximate surface area is 71.2 Å². The van der Waals surface area contributed by atoms with Gasteiger partial charge in [0.2, 0.25) is 0 Å². The summed E-state index contributed by atoms with van der Waals surface area (Å²) in [6, 6.07) is 1.33. The minimum absolute atomic E-state index is 0.0976. The maximum atomic E-state index is 12.6. The van der Waals surface area contributed by atoms with E-state index in [2.05, 4.69) is 4.98 Å². The van der Waals surface area contributed by atoms with Gasteiger partial charge in [-0.25, -0.2) is 4.39 Å². The van der Waals surface area contributed by atoms with E-state index in [4.69, 9.17) is 5.11 Å². The molecule has 0 spiro atoms. The van der Waals surface area contributed by atoms with Gasteiger partial charge in [-0.1, -0.05) is 0 Å². The summed E-state index contributed by atoms with van der Waals surface area (Å²) < 4.78 is 13.4. The molecule has 0 amide bonds. The third-order valence-electron chi connectivity index (χ3n) is 1.03. The third-order valence-corrected chi connectivity index (χ3v) is 1.62. The van der Waals surface area contributed by atoms with Crippen LogP contribution >= 0.6 is 22.6 Å². The first-order chi connectivity index (χ1) is 4.74. The second kappa shape index (κ2) is 3.25. The summed E-state index contributed by atoms with van der Waals surface area (Å²) in [5.41, 5.74) is 0.0976. The smallest absolute Gasteiger partial charge is 0.148 e. The second-order valence-corrected chi connectivity index (χ2v) is 2.99. The lowest BCUT2D eigenvalue weighted by molar-refractivity contribution is 0.270. The van der Waals surface area contributed by atoms with Gasteiger partial charge >= 0.3 is 0 Å². The molecule has 0 aliphatic rings. The fraction of sp³-hybridized carbons (Fsp3) is 0.167. The molecule has 4 heteroatoms. The Morgan fingerprint density at radius 2 is 2.40 bits per heavy atom. The number of halogens is 2. The molecule has 1 N–H and O–H groups in total. The first-order valence-electron chi connectivity index (χ1n) is 2.65. The van der Waals surface area contributed by atoms with Crippen LogP contribution in [0.2, 0.25) is 0 Å². The summed E-state index contributed by atoms with van der Waals surface area (Å²) in [6.07, 6.45) is 1.51. The molecule has 0 saturated heterocycles. The summed E-state index contributed by atoms with van der Waals surface area (Å²) >= 11 is 1.95. The quantitative estimate of drug-likeness (QED) is 0.765. The maximum absolute atomic E-state index is 12.6. The number of rotatable bonds is 1. The van der Waals surface area contributed by atoms with Crippen molar-refractivity contribution < 1.29 is 9.50 Å². The van der Waals surface area contributed by atoms with Gasteiger partial charge in [0, 0.05) is 9.77 Å². The topological polar surface area (TPSA) is 33.1 Å². The Bertz CT molecular complexity index is 241. The molecule has 0 aliphatic heterocycles. The van der Waals surface area contributed by atoms with Gasteiger partial charge in [0.1, 0.15) is 11.5 Å². The monoisotopic (exact) mass is 253 g/mol. The standard InChI is InChI=1S/C6H5FINO/c7-5-1-4(8)2-9-6(5)3-10/h1-2,10H,3H2. The van der Waals surface area contributed by atoms with Crippen LogP contribution in [-0.2, 0) is 6.61 Å². The molecule has 1 aromatic heterocycles. The molecule has 0 aromatic carbocycles. The van der Waals surface area contributed by atoms with Gasteiger partial charge in [0.25, 0.3) is 0 Å². The normalized spacial score (nSPS) is 9.90. The van der Waals surface area contributed by atoms with Crippen molar-refractivity contribution in [2.45, 2.75) is 6.61 Å². The van der Waals surface area contributed by atoms with Gasteiger partial charge in [0.15, 0.2) is 0 Å². The molecule has 0 atom stereocenters. The van der Waals surface area contributed by atoms with E-state index in [-0.39, 0.29) is 12.3 Å². The largest absolute Gasteiger partial charge is 0.390 e. The molecule has 54 valence electrons. The van der Waals surface area contributed by atoms with Crippen LogP contribution < -0.4 is 0 Å². The van der Waals surface area contributed by atoms with E-state index in [1.54, 1.807) is 0 Å². The van der Waals surface area contributed by atoms with Gasteiger partial charge < -0.3 is 5.11 Å². The fourth-order valence-electron chi connectivity index (χ4n) is 0.559. The number of nitrogens with zero attached hydrogens (tertiary/aromatic N) is 1. The lowest BCUT2D eigenvalue weighted by Gasteiger charge is -1.96. The number of pyridine rings is 1. The van der Waals surface area contributed by atoms with Crippen LogP contribution in [-0.4, -0.2) is 10.1 Å². The third kappa shape index (κ3) is 1.63. The first-order valence-corrected chi connectivity index (χ1v) is 3.72. The highest BCUT2D eigenvalue weighted by Crippen LogP contribution is 2.08. The molecule has 1 rings (SSSR count). The first kappa shape index (κ1) is 7.87. The van der Waals surface area contributed by atoms with E-state index >= 15 is 0 Å². The molecule has 0 radical (unpaired) electrons. The number of aliphatic hydroxyl groups excluding tert-OH is 1. The summed E-state index contributed by atoms with van der Waals surface area (Å²) in [4.78, 5) is 3.66. The van der Waals surface area contributed by atoms with Gasteiger partial charge in [-0.05, 0) is 28.7 Å². The fourth-order valence-corrected chi connectivity index (χ4v) is 0.972. The van der Waals surface area contributed by atoms with Gasteiger partial charge in [-0.2, -0.15) is 0 Å². The predicted molar refractivity (Wildman–Crippen MR) is 42.8 cm³/mol. The van der Waals surface area contributed by atoms with Gasteiger partial charge in [-0.3, -0.25) is 4.98 Å². The highest BCUT2D eigenvalue weighted by atomic mass is 127. The van der Waals surface area contributed by atoms with Crippen molar-refractivity contribution in [1.82, 2.24) is 4.98 Å². The number of aromatic nitrogens is 1. The average molecular weight is 253 g/mol. The molecule has 0 bridgehead atoms. The Morgan fingerprint density at radius 3 is 2.90 bits per heavy atom. The van der Waals surface area contributed by atoms with Crippen molar-refractivity contribution in [3.63, 3.8) is 0 Å². The van der Waals surface area contributed by atoms with Crippen molar-refractivity contribution in [2.24, 2.45) is 0 Å². The molecule has 0 fully saturated rings. The zero-order valence-corrected chi connectivity index (χ0v) is 7.17. The van der Waals surface area contributed by atoms with Crippen LogP contribution in [0.3, 0.4) is 0 Å². The van der Waals surface area contributed by atoms with Crippen LogP contribution in [0.1, 0.15) is 5.69 Å². The van der Waals surface area contributed by atoms with E-state index in [0.717, 1.165) is 3.57 Å². The molecule has 0 saturated carbocycles. The average Bonchev–Trinajstić information content (AvgIpc) is 1.88. The zero-order chi connectivity index (χ0) is 7.56. The lowest BCUT2D eigenvalue weighted by Crippen LogP contribution is -1.94. The van der Waals surface area contributed by atoms with Crippen LogP contribution in [0.25, 0.3) is 0 Å². The number of hydrogen-bond donors (Lipinski definition) is 1. The summed E-state index contributed by atoms with van der Waals surface area (Å²) in [5.74, 6) is -0.450. The van der Waals surface area contributed by atoms with Crippen LogP contribution in [0.15, 0.2) is 12.3 Å². The Balaban J connectivity index is 3.07. The van der Waals surface area contributed by atoms with E-state index in [1.807, 2.05) is 22.6 Å². The lowest BCUT2D eigenvalue weighted by atomic mass is 10.3. The highest BCUT2D eigenvalue weighted by Gasteiger charge is 2.00. The molecule has 1 aromatic rings. The van der Waals surface area contributed by atoms with E-state index < -0.39 is 5.82 Å². The molecular weight excluding hydrogens is 248 g/mol. The molecule has 2 nitrogen and oxygen atoms in total. The van der Waals surface area contributed by atoms with Crippen molar-refractivity contribution in [3.05, 3.63) is 27.3 Å². The zero-order valence-electron chi connectivity index (χ0n) is 5.01. The van der Waals surface area contributed by atoms with Crippen LogP contribution in [0, 0.1) is 9.39 Å². The van der Waals surface area contributed by atoms with Gasteiger partial charge in [0.05, 0.1) is 6.61 Å². The molecular formula is C6H5FINO. The Hall–Kier alpha value is -0.230. The summed E-state index contributed by atoms with van der Waals surface area (Å²) in [5, 5.41) is 8.50.